The molecule has 2 heterocycles. The molecule has 2 aliphatic heterocycles. The maximum Gasteiger partial charge on any atom is 0.191 e. The van der Waals surface area contributed by atoms with Gasteiger partial charge >= 0.3 is 0 Å². The first-order chi connectivity index (χ1) is 11.7. The number of benzene rings is 1. The average molecular weight is 334 g/mol. The summed E-state index contributed by atoms with van der Waals surface area (Å²) in [4.78, 5) is 9.11. The molecule has 1 aromatic rings. The van der Waals surface area contributed by atoms with E-state index in [4.69, 9.17) is 10.5 Å². The molecule has 24 heavy (non-hydrogen) atoms. The molecule has 0 aromatic heterocycles. The van der Waals surface area contributed by atoms with Crippen molar-refractivity contribution in [3.63, 3.8) is 0 Å². The smallest absolute Gasteiger partial charge is 0.191 e. The number of likely N-dealkylation sites (tertiary alicyclic amines) is 1. The predicted octanol–water partition coefficient (Wildman–Crippen LogP) is 2.00. The number of guanidine groups is 1. The summed E-state index contributed by atoms with van der Waals surface area (Å²) < 4.78 is 19.1. The first kappa shape index (κ1) is 17.2. The lowest BCUT2D eigenvalue weighted by molar-refractivity contribution is 0.0179. The molecule has 0 radical (unpaired) electrons. The minimum Gasteiger partial charge on any atom is -0.379 e. The standard InChI is InChI=1S/C18H27FN4O/c19-16-6-4-5-15(13-16)17(22-9-11-24-12-10-22)14-21-18(20)23-7-2-1-3-8-23/h4-6,13,17H,1-3,7-12,14H2,(H2,20,21). The molecule has 0 bridgehead atoms. The Balaban J connectivity index is 1.73. The molecule has 0 saturated carbocycles. The molecule has 3 rings (SSSR count). The lowest BCUT2D eigenvalue weighted by Crippen LogP contribution is -2.43. The molecule has 0 amide bonds. The fourth-order valence-electron chi connectivity index (χ4n) is 3.44. The van der Waals surface area contributed by atoms with Crippen LogP contribution in [0.3, 0.4) is 0 Å². The molecule has 2 saturated heterocycles. The van der Waals surface area contributed by atoms with Crippen LogP contribution in [0, 0.1) is 5.82 Å². The number of halogens is 1. The number of morpholine rings is 1. The predicted molar refractivity (Wildman–Crippen MR) is 93.4 cm³/mol. The van der Waals surface area contributed by atoms with E-state index in [0.29, 0.717) is 25.7 Å². The van der Waals surface area contributed by atoms with E-state index in [1.165, 1.54) is 25.3 Å². The van der Waals surface area contributed by atoms with Gasteiger partial charge in [-0.25, -0.2) is 4.39 Å². The van der Waals surface area contributed by atoms with Crippen molar-refractivity contribution in [1.82, 2.24) is 9.80 Å². The van der Waals surface area contributed by atoms with Gasteiger partial charge in [-0.1, -0.05) is 12.1 Å². The van der Waals surface area contributed by atoms with Gasteiger partial charge < -0.3 is 15.4 Å². The SMILES string of the molecule is NC(=NCC(c1cccc(F)c1)N1CCOCC1)N1CCCCC1. The molecule has 1 unspecified atom stereocenters. The summed E-state index contributed by atoms with van der Waals surface area (Å²) in [6.07, 6.45) is 3.61. The van der Waals surface area contributed by atoms with Crippen molar-refractivity contribution < 1.29 is 9.13 Å². The summed E-state index contributed by atoms with van der Waals surface area (Å²) in [5.74, 6) is 0.406. The van der Waals surface area contributed by atoms with Crippen LogP contribution in [0.15, 0.2) is 29.3 Å². The highest BCUT2D eigenvalue weighted by atomic mass is 19.1. The first-order valence-electron chi connectivity index (χ1n) is 8.86. The normalized spacial score (nSPS) is 21.7. The Morgan fingerprint density at radius 3 is 2.62 bits per heavy atom. The Labute approximate surface area is 143 Å². The van der Waals surface area contributed by atoms with Crippen LogP contribution in [0.2, 0.25) is 0 Å². The van der Waals surface area contributed by atoms with Crippen molar-refractivity contribution >= 4 is 5.96 Å². The topological polar surface area (TPSA) is 54.1 Å². The molecule has 0 aliphatic carbocycles. The Morgan fingerprint density at radius 2 is 1.92 bits per heavy atom. The molecular formula is C18H27FN4O. The molecule has 132 valence electrons. The summed E-state index contributed by atoms with van der Waals surface area (Å²) in [5, 5.41) is 0. The lowest BCUT2D eigenvalue weighted by atomic mass is 10.0. The van der Waals surface area contributed by atoms with Crippen LogP contribution in [-0.2, 0) is 4.74 Å². The monoisotopic (exact) mass is 334 g/mol. The average Bonchev–Trinajstić information content (AvgIpc) is 2.63. The van der Waals surface area contributed by atoms with Gasteiger partial charge in [-0.2, -0.15) is 0 Å². The summed E-state index contributed by atoms with van der Waals surface area (Å²) in [6.45, 7) is 5.59. The zero-order valence-corrected chi connectivity index (χ0v) is 14.2. The molecule has 1 atom stereocenters. The van der Waals surface area contributed by atoms with Crippen molar-refractivity contribution in [2.75, 3.05) is 45.9 Å². The highest BCUT2D eigenvalue weighted by molar-refractivity contribution is 5.78. The zero-order valence-electron chi connectivity index (χ0n) is 14.2. The van der Waals surface area contributed by atoms with Crippen LogP contribution in [0.1, 0.15) is 30.9 Å². The maximum atomic E-state index is 13.7. The van der Waals surface area contributed by atoms with Crippen molar-refractivity contribution in [2.24, 2.45) is 10.7 Å². The molecule has 0 spiro atoms. The number of piperidine rings is 1. The van der Waals surface area contributed by atoms with E-state index in [-0.39, 0.29) is 11.9 Å². The van der Waals surface area contributed by atoms with E-state index in [1.54, 1.807) is 12.1 Å². The molecule has 5 nitrogen and oxygen atoms in total. The van der Waals surface area contributed by atoms with Crippen molar-refractivity contribution in [1.29, 1.82) is 0 Å². The Bertz CT molecular complexity index is 554. The van der Waals surface area contributed by atoms with Gasteiger partial charge in [-0.3, -0.25) is 9.89 Å². The maximum absolute atomic E-state index is 13.7. The highest BCUT2D eigenvalue weighted by Gasteiger charge is 2.23. The van der Waals surface area contributed by atoms with E-state index in [0.717, 1.165) is 31.7 Å². The van der Waals surface area contributed by atoms with Crippen LogP contribution in [0.4, 0.5) is 4.39 Å². The van der Waals surface area contributed by atoms with Crippen LogP contribution < -0.4 is 5.73 Å². The van der Waals surface area contributed by atoms with E-state index in [1.807, 2.05) is 6.07 Å². The number of aliphatic imine (C=N–C) groups is 1. The first-order valence-corrected chi connectivity index (χ1v) is 8.86. The van der Waals surface area contributed by atoms with Gasteiger partial charge in [0.25, 0.3) is 0 Å². The number of nitrogens with zero attached hydrogens (tertiary/aromatic N) is 3. The fourth-order valence-corrected chi connectivity index (χ4v) is 3.44. The van der Waals surface area contributed by atoms with Gasteiger partial charge in [-0.15, -0.1) is 0 Å². The van der Waals surface area contributed by atoms with Crippen LogP contribution in [-0.4, -0.2) is 61.7 Å². The van der Waals surface area contributed by atoms with Crippen LogP contribution in [0.25, 0.3) is 0 Å². The van der Waals surface area contributed by atoms with Gasteiger partial charge in [-0.05, 0) is 37.0 Å². The third kappa shape index (κ3) is 4.45. The summed E-state index contributed by atoms with van der Waals surface area (Å²) >= 11 is 0. The van der Waals surface area contributed by atoms with Gasteiger partial charge in [0.15, 0.2) is 5.96 Å². The third-order valence-electron chi connectivity index (χ3n) is 4.83. The quantitative estimate of drug-likeness (QED) is 0.676. The van der Waals surface area contributed by atoms with Gasteiger partial charge in [0, 0.05) is 26.2 Å². The van der Waals surface area contributed by atoms with E-state index < -0.39 is 0 Å². The second-order valence-corrected chi connectivity index (χ2v) is 6.47. The van der Waals surface area contributed by atoms with E-state index >= 15 is 0 Å². The van der Waals surface area contributed by atoms with Gasteiger partial charge in [0.1, 0.15) is 5.82 Å². The second-order valence-electron chi connectivity index (χ2n) is 6.47. The Kier molecular flexibility index (Phi) is 6.04. The van der Waals surface area contributed by atoms with E-state index in [2.05, 4.69) is 14.8 Å². The Hall–Kier alpha value is -1.66. The second kappa shape index (κ2) is 8.44. The molecular weight excluding hydrogens is 307 g/mol. The van der Waals surface area contributed by atoms with Crippen LogP contribution >= 0.6 is 0 Å². The zero-order chi connectivity index (χ0) is 16.8. The van der Waals surface area contributed by atoms with Gasteiger partial charge in [0.2, 0.25) is 0 Å². The Morgan fingerprint density at radius 1 is 1.17 bits per heavy atom. The lowest BCUT2D eigenvalue weighted by Gasteiger charge is -2.34. The van der Waals surface area contributed by atoms with Crippen LogP contribution in [0.5, 0.6) is 0 Å². The number of hydrogen-bond donors (Lipinski definition) is 1. The van der Waals surface area contributed by atoms with E-state index in [9.17, 15) is 4.39 Å². The van der Waals surface area contributed by atoms with Gasteiger partial charge in [0.05, 0.1) is 25.8 Å². The van der Waals surface area contributed by atoms with Crippen molar-refractivity contribution in [3.8, 4) is 0 Å². The summed E-state index contributed by atoms with van der Waals surface area (Å²) in [6, 6.07) is 6.84. The van der Waals surface area contributed by atoms with Crippen molar-refractivity contribution in [3.05, 3.63) is 35.6 Å². The summed E-state index contributed by atoms with van der Waals surface area (Å²) in [7, 11) is 0. The summed E-state index contributed by atoms with van der Waals surface area (Å²) in [5.41, 5.74) is 7.14. The fraction of sp³-hybridized carbons (Fsp3) is 0.611. The molecule has 1 aromatic carbocycles. The number of nitrogens with two attached hydrogens (primary N) is 1. The third-order valence-corrected chi connectivity index (χ3v) is 4.83. The molecule has 2 fully saturated rings. The molecule has 2 N–H and O–H groups in total. The number of hydrogen-bond acceptors (Lipinski definition) is 3. The minimum atomic E-state index is -0.209. The largest absolute Gasteiger partial charge is 0.379 e. The molecule has 2 aliphatic rings. The number of ether oxygens (including phenoxy) is 1. The minimum absolute atomic E-state index is 0.0351. The highest BCUT2D eigenvalue weighted by Crippen LogP contribution is 2.23. The van der Waals surface area contributed by atoms with Crippen molar-refractivity contribution in [2.45, 2.75) is 25.3 Å². The molecule has 6 heteroatoms. The number of rotatable bonds is 4.